The van der Waals surface area contributed by atoms with Gasteiger partial charge in [0.05, 0.1) is 10.7 Å². The molecule has 1 heterocycles. The second kappa shape index (κ2) is 9.29. The minimum atomic E-state index is -0.157. The number of halogens is 2. The molecule has 10 radical (unpaired) electrons. The number of amides is 1. The molecule has 24 heavy (non-hydrogen) atoms. The summed E-state index contributed by atoms with van der Waals surface area (Å²) in [7, 11) is 0. The number of carbonyl (C=O) groups is 1. The minimum Gasteiger partial charge on any atom is -0.320 e. The van der Waals surface area contributed by atoms with Gasteiger partial charge in [-0.15, -0.1) is 0 Å². The van der Waals surface area contributed by atoms with Crippen LogP contribution in [0.15, 0.2) is 18.2 Å². The number of fused-ring (bicyclic) bond motifs is 1. The van der Waals surface area contributed by atoms with Crippen molar-refractivity contribution < 1.29 is 21.9 Å². The van der Waals surface area contributed by atoms with Crippen LogP contribution in [0.4, 0.5) is 5.69 Å². The molecular formula is C19H13Cl2FeNO+2. The fourth-order valence-electron chi connectivity index (χ4n) is 2.33. The van der Waals surface area contributed by atoms with Crippen molar-refractivity contribution in [2.45, 2.75) is 0 Å². The smallest absolute Gasteiger partial charge is 0.320 e. The molecule has 5 heteroatoms. The molecule has 0 bridgehead atoms. The topological polar surface area (TPSA) is 29.1 Å². The standard InChI is InChI=1S/C14H8Cl2NO.C5H5.Fe/c15-9-6-10-11(5-8-3-1-2-4-8)14(18)17-13(10)12(16)7-9;1-2-4-5-3-1;/h1-7H,(H,17,18);1-5H;/q;;+2/b11-5+;;. The molecule has 0 atom stereocenters. The van der Waals surface area contributed by atoms with Crippen molar-refractivity contribution in [2.75, 3.05) is 5.32 Å². The molecule has 0 saturated heterocycles. The Morgan fingerprint density at radius 2 is 1.46 bits per heavy atom. The summed E-state index contributed by atoms with van der Waals surface area (Å²) in [5.74, 6) is 0.819. The fourth-order valence-corrected chi connectivity index (χ4v) is 2.87. The van der Waals surface area contributed by atoms with E-state index < -0.39 is 0 Å². The number of anilines is 1. The molecule has 0 spiro atoms. The molecule has 1 N–H and O–H groups in total. The first kappa shape index (κ1) is 19.8. The summed E-state index contributed by atoms with van der Waals surface area (Å²) in [5.41, 5.74) is 1.96. The number of rotatable bonds is 1. The Morgan fingerprint density at radius 1 is 0.875 bits per heavy atom. The second-order valence-electron chi connectivity index (χ2n) is 5.00. The van der Waals surface area contributed by atoms with Crippen LogP contribution in [0.25, 0.3) is 5.57 Å². The molecule has 1 aromatic carbocycles. The second-order valence-corrected chi connectivity index (χ2v) is 5.85. The van der Waals surface area contributed by atoms with Crippen LogP contribution in [-0.4, -0.2) is 5.91 Å². The maximum absolute atomic E-state index is 11.9. The van der Waals surface area contributed by atoms with Gasteiger partial charge in [-0.25, -0.2) is 0 Å². The molecule has 2 aliphatic carbocycles. The van der Waals surface area contributed by atoms with Gasteiger partial charge in [-0.3, -0.25) is 4.79 Å². The molecule has 2 saturated carbocycles. The zero-order chi connectivity index (χ0) is 16.2. The van der Waals surface area contributed by atoms with E-state index in [1.54, 1.807) is 12.1 Å². The summed E-state index contributed by atoms with van der Waals surface area (Å²) in [5, 5.41) is 3.73. The molecular weight excluding hydrogens is 385 g/mol. The average Bonchev–Trinajstić information content (AvgIpc) is 3.26. The predicted octanol–water partition coefficient (Wildman–Crippen LogP) is 4.75. The van der Waals surface area contributed by atoms with Gasteiger partial charge in [-0.2, -0.15) is 0 Å². The first-order valence-corrected chi connectivity index (χ1v) is 7.81. The van der Waals surface area contributed by atoms with Gasteiger partial charge in [0.2, 0.25) is 0 Å². The number of carbonyl (C=O) groups excluding carboxylic acids is 1. The molecule has 2 nitrogen and oxygen atoms in total. The van der Waals surface area contributed by atoms with Crippen LogP contribution in [0.5, 0.6) is 0 Å². The quantitative estimate of drug-likeness (QED) is 0.537. The summed E-state index contributed by atoms with van der Waals surface area (Å²) in [4.78, 5) is 11.9. The van der Waals surface area contributed by atoms with E-state index in [1.165, 1.54) is 0 Å². The van der Waals surface area contributed by atoms with E-state index in [1.807, 2.05) is 63.9 Å². The third-order valence-corrected chi connectivity index (χ3v) is 3.90. The molecule has 0 aromatic heterocycles. The van der Waals surface area contributed by atoms with Gasteiger partial charge in [0.15, 0.2) is 0 Å². The van der Waals surface area contributed by atoms with E-state index in [9.17, 15) is 4.79 Å². The van der Waals surface area contributed by atoms with Crippen LogP contribution in [-0.2, 0) is 21.9 Å². The molecule has 3 aliphatic rings. The van der Waals surface area contributed by atoms with E-state index in [-0.39, 0.29) is 23.0 Å². The largest absolute Gasteiger partial charge is 2.00 e. The fraction of sp³-hybridized carbons (Fsp3) is 0. The monoisotopic (exact) mass is 397 g/mol. The Morgan fingerprint density at radius 3 is 2.04 bits per heavy atom. The minimum absolute atomic E-state index is 0. The van der Waals surface area contributed by atoms with E-state index in [2.05, 4.69) is 5.32 Å². The van der Waals surface area contributed by atoms with Gasteiger partial charge in [-0.1, -0.05) is 29.3 Å². The van der Waals surface area contributed by atoms with Crippen molar-refractivity contribution in [1.82, 2.24) is 0 Å². The zero-order valence-corrected chi connectivity index (χ0v) is 15.1. The van der Waals surface area contributed by atoms with E-state index >= 15 is 0 Å². The molecule has 0 unspecified atom stereocenters. The summed E-state index contributed by atoms with van der Waals surface area (Å²) in [6.45, 7) is 0. The van der Waals surface area contributed by atoms with E-state index in [0.717, 1.165) is 11.5 Å². The van der Waals surface area contributed by atoms with Crippen molar-refractivity contribution in [2.24, 2.45) is 0 Å². The Labute approximate surface area is 164 Å². The molecule has 120 valence electrons. The Hall–Kier alpha value is -0.471. The summed E-state index contributed by atoms with van der Waals surface area (Å²) >= 11 is 12.0. The Balaban J connectivity index is 0.000000300. The average molecular weight is 398 g/mol. The van der Waals surface area contributed by atoms with Crippen molar-refractivity contribution in [3.05, 3.63) is 97.5 Å². The van der Waals surface area contributed by atoms with E-state index in [4.69, 9.17) is 23.2 Å². The molecule has 4 rings (SSSR count). The van der Waals surface area contributed by atoms with Gasteiger partial charge in [0, 0.05) is 22.1 Å². The van der Waals surface area contributed by atoms with Crippen molar-refractivity contribution in [3.8, 4) is 0 Å². The summed E-state index contributed by atoms with van der Waals surface area (Å²) in [6, 6.07) is 3.36. The molecule has 1 aliphatic heterocycles. The maximum atomic E-state index is 11.9. The predicted molar refractivity (Wildman–Crippen MR) is 95.0 cm³/mol. The van der Waals surface area contributed by atoms with Crippen molar-refractivity contribution >= 4 is 40.4 Å². The first-order valence-electron chi connectivity index (χ1n) is 7.06. The van der Waals surface area contributed by atoms with Crippen LogP contribution in [0, 0.1) is 63.7 Å². The number of hydrogen-bond donors (Lipinski definition) is 1. The molecule has 1 aromatic rings. The van der Waals surface area contributed by atoms with Crippen LogP contribution in [0.1, 0.15) is 5.56 Å². The number of allylic oxidation sites excluding steroid dienone is 1. The van der Waals surface area contributed by atoms with Gasteiger partial charge in [0.25, 0.3) is 5.91 Å². The van der Waals surface area contributed by atoms with Crippen LogP contribution in [0.2, 0.25) is 10.0 Å². The third kappa shape index (κ3) is 4.79. The van der Waals surface area contributed by atoms with Crippen molar-refractivity contribution in [3.63, 3.8) is 0 Å². The zero-order valence-electron chi connectivity index (χ0n) is 12.4. The van der Waals surface area contributed by atoms with Crippen LogP contribution < -0.4 is 5.32 Å². The van der Waals surface area contributed by atoms with Gasteiger partial charge < -0.3 is 5.32 Å². The Bertz CT molecular complexity index is 612. The molecule has 1 amide bonds. The van der Waals surface area contributed by atoms with Gasteiger partial charge >= 0.3 is 17.1 Å². The van der Waals surface area contributed by atoms with Crippen LogP contribution in [0.3, 0.4) is 0 Å². The Kier molecular flexibility index (Phi) is 7.68. The maximum Gasteiger partial charge on any atom is 2.00 e. The normalized spacial score (nSPS) is 21.1. The van der Waals surface area contributed by atoms with Gasteiger partial charge in [0.1, 0.15) is 0 Å². The number of hydrogen-bond acceptors (Lipinski definition) is 1. The van der Waals surface area contributed by atoms with Crippen LogP contribution >= 0.6 is 23.2 Å². The van der Waals surface area contributed by atoms with Gasteiger partial charge in [-0.05, 0) is 69.9 Å². The number of nitrogens with one attached hydrogen (secondary N) is 1. The summed E-state index contributed by atoms with van der Waals surface area (Å²) < 4.78 is 0. The van der Waals surface area contributed by atoms with E-state index in [0.29, 0.717) is 21.3 Å². The number of benzene rings is 1. The third-order valence-electron chi connectivity index (χ3n) is 3.38. The molecule has 2 fully saturated rings. The SMILES string of the molecule is O=C1Nc2c(Cl)cc(Cl)cc2/C1=C\[C]1[CH][CH][CH][CH]1.[CH]1[CH][CH][CH][CH]1.[Fe+2]. The summed E-state index contributed by atoms with van der Waals surface area (Å²) in [6.07, 6.45) is 19.5. The first-order chi connectivity index (χ1) is 11.1. The van der Waals surface area contributed by atoms with Crippen molar-refractivity contribution in [1.29, 1.82) is 0 Å².